The molecule has 0 radical (unpaired) electrons. The first kappa shape index (κ1) is 14.8. The standard InChI is InChI=1S/C13H19BrClNO/c1-3-16(7-8-17-4-2)12-6-5-11(10-15)13(14)9-12/h5-6,9H,3-4,7-8,10H2,1-2H3. The zero-order valence-electron chi connectivity index (χ0n) is 10.4. The summed E-state index contributed by atoms with van der Waals surface area (Å²) in [5.41, 5.74) is 2.32. The van der Waals surface area contributed by atoms with Crippen LogP contribution in [0.3, 0.4) is 0 Å². The first-order chi connectivity index (χ1) is 8.22. The van der Waals surface area contributed by atoms with Gasteiger partial charge in [-0.1, -0.05) is 22.0 Å². The van der Waals surface area contributed by atoms with Crippen LogP contribution < -0.4 is 4.90 Å². The molecule has 0 aromatic heterocycles. The summed E-state index contributed by atoms with van der Waals surface area (Å²) < 4.78 is 6.46. The van der Waals surface area contributed by atoms with E-state index in [4.69, 9.17) is 16.3 Å². The smallest absolute Gasteiger partial charge is 0.0641 e. The van der Waals surface area contributed by atoms with Crippen molar-refractivity contribution in [1.82, 2.24) is 0 Å². The lowest BCUT2D eigenvalue weighted by Crippen LogP contribution is -2.27. The second-order valence-corrected chi connectivity index (χ2v) is 4.81. The first-order valence-corrected chi connectivity index (χ1v) is 7.22. The number of benzene rings is 1. The van der Waals surface area contributed by atoms with Gasteiger partial charge in [-0.2, -0.15) is 0 Å². The number of alkyl halides is 1. The van der Waals surface area contributed by atoms with Gasteiger partial charge in [-0.3, -0.25) is 0 Å². The van der Waals surface area contributed by atoms with Crippen LogP contribution >= 0.6 is 27.5 Å². The Labute approximate surface area is 117 Å². The summed E-state index contributed by atoms with van der Waals surface area (Å²) in [6, 6.07) is 6.29. The van der Waals surface area contributed by atoms with E-state index in [9.17, 15) is 0 Å². The Bertz CT molecular complexity index is 346. The number of anilines is 1. The lowest BCUT2D eigenvalue weighted by Gasteiger charge is -2.23. The van der Waals surface area contributed by atoms with Crippen molar-refractivity contribution in [2.24, 2.45) is 0 Å². The normalized spacial score (nSPS) is 10.6. The molecule has 0 saturated carbocycles. The Balaban J connectivity index is 2.71. The molecule has 0 heterocycles. The molecule has 4 heteroatoms. The zero-order chi connectivity index (χ0) is 12.7. The van der Waals surface area contributed by atoms with Crippen LogP contribution in [0.1, 0.15) is 19.4 Å². The van der Waals surface area contributed by atoms with Crippen molar-refractivity contribution in [3.63, 3.8) is 0 Å². The van der Waals surface area contributed by atoms with Crippen molar-refractivity contribution in [2.75, 3.05) is 31.2 Å². The van der Waals surface area contributed by atoms with E-state index in [1.807, 2.05) is 6.92 Å². The van der Waals surface area contributed by atoms with Gasteiger partial charge in [0.05, 0.1) is 6.61 Å². The number of nitrogens with zero attached hydrogens (tertiary/aromatic N) is 1. The number of hydrogen-bond acceptors (Lipinski definition) is 2. The predicted molar refractivity (Wildman–Crippen MR) is 78.1 cm³/mol. The van der Waals surface area contributed by atoms with Crippen LogP contribution in [-0.4, -0.2) is 26.3 Å². The second-order valence-electron chi connectivity index (χ2n) is 3.69. The predicted octanol–water partition coefficient (Wildman–Crippen LogP) is 4.05. The Kier molecular flexibility index (Phi) is 6.93. The van der Waals surface area contributed by atoms with Crippen LogP contribution in [-0.2, 0) is 10.6 Å². The molecule has 1 rings (SSSR count). The minimum Gasteiger partial charge on any atom is -0.380 e. The van der Waals surface area contributed by atoms with E-state index in [1.54, 1.807) is 0 Å². The number of ether oxygens (including phenoxy) is 1. The van der Waals surface area contributed by atoms with Crippen molar-refractivity contribution < 1.29 is 4.74 Å². The van der Waals surface area contributed by atoms with E-state index in [0.717, 1.165) is 36.3 Å². The molecule has 96 valence electrons. The number of halogens is 2. The summed E-state index contributed by atoms with van der Waals surface area (Å²) in [6.07, 6.45) is 0. The SMILES string of the molecule is CCOCCN(CC)c1ccc(CCl)c(Br)c1. The van der Waals surface area contributed by atoms with Crippen LogP contribution in [0.4, 0.5) is 5.69 Å². The largest absolute Gasteiger partial charge is 0.380 e. The Morgan fingerprint density at radius 2 is 2.12 bits per heavy atom. The average molecular weight is 321 g/mol. The summed E-state index contributed by atoms with van der Waals surface area (Å²) >= 11 is 9.38. The van der Waals surface area contributed by atoms with E-state index in [0.29, 0.717) is 5.88 Å². The highest BCUT2D eigenvalue weighted by Crippen LogP contribution is 2.25. The van der Waals surface area contributed by atoms with Crippen LogP contribution in [0.25, 0.3) is 0 Å². The molecular formula is C13H19BrClNO. The van der Waals surface area contributed by atoms with Gasteiger partial charge in [0.25, 0.3) is 0 Å². The molecule has 0 bridgehead atoms. The van der Waals surface area contributed by atoms with Crippen LogP contribution in [0, 0.1) is 0 Å². The summed E-state index contributed by atoms with van der Waals surface area (Å²) in [6.45, 7) is 7.58. The molecule has 0 aliphatic rings. The lowest BCUT2D eigenvalue weighted by atomic mass is 10.2. The highest BCUT2D eigenvalue weighted by Gasteiger charge is 2.06. The molecule has 0 atom stereocenters. The molecule has 0 aliphatic heterocycles. The molecule has 0 aliphatic carbocycles. The summed E-state index contributed by atoms with van der Waals surface area (Å²) in [5.74, 6) is 0.534. The molecule has 0 saturated heterocycles. The quantitative estimate of drug-likeness (QED) is 0.555. The van der Waals surface area contributed by atoms with Gasteiger partial charge in [-0.05, 0) is 31.5 Å². The molecule has 0 N–H and O–H groups in total. The molecule has 2 nitrogen and oxygen atoms in total. The minimum atomic E-state index is 0.534. The van der Waals surface area contributed by atoms with Gasteiger partial charge in [0, 0.05) is 35.7 Å². The van der Waals surface area contributed by atoms with Gasteiger partial charge < -0.3 is 9.64 Å². The van der Waals surface area contributed by atoms with Crippen LogP contribution in [0.5, 0.6) is 0 Å². The Hall–Kier alpha value is -0.250. The van der Waals surface area contributed by atoms with Crippen LogP contribution in [0.2, 0.25) is 0 Å². The van der Waals surface area contributed by atoms with Gasteiger partial charge in [-0.15, -0.1) is 11.6 Å². The van der Waals surface area contributed by atoms with Crippen molar-refractivity contribution >= 4 is 33.2 Å². The summed E-state index contributed by atoms with van der Waals surface area (Å²) in [7, 11) is 0. The monoisotopic (exact) mass is 319 g/mol. The van der Waals surface area contributed by atoms with Crippen molar-refractivity contribution in [1.29, 1.82) is 0 Å². The molecule has 1 aromatic rings. The third-order valence-corrected chi connectivity index (χ3v) is 3.66. The molecule has 1 aromatic carbocycles. The Morgan fingerprint density at radius 1 is 1.35 bits per heavy atom. The fourth-order valence-electron chi connectivity index (χ4n) is 1.63. The minimum absolute atomic E-state index is 0.534. The molecule has 17 heavy (non-hydrogen) atoms. The van der Waals surface area contributed by atoms with Gasteiger partial charge >= 0.3 is 0 Å². The maximum atomic E-state index is 5.84. The fraction of sp³-hybridized carbons (Fsp3) is 0.538. The van der Waals surface area contributed by atoms with Gasteiger partial charge in [0.1, 0.15) is 0 Å². The number of likely N-dealkylation sites (N-methyl/N-ethyl adjacent to an activating group) is 1. The highest BCUT2D eigenvalue weighted by molar-refractivity contribution is 9.10. The summed E-state index contributed by atoms with van der Waals surface area (Å²) in [5, 5.41) is 0. The number of rotatable bonds is 7. The van der Waals surface area contributed by atoms with Crippen molar-refractivity contribution in [3.05, 3.63) is 28.2 Å². The number of hydrogen-bond donors (Lipinski definition) is 0. The van der Waals surface area contributed by atoms with E-state index >= 15 is 0 Å². The van der Waals surface area contributed by atoms with Gasteiger partial charge in [-0.25, -0.2) is 0 Å². The Morgan fingerprint density at radius 3 is 2.65 bits per heavy atom. The third kappa shape index (κ3) is 4.49. The maximum absolute atomic E-state index is 5.84. The van der Waals surface area contributed by atoms with E-state index in [1.165, 1.54) is 5.69 Å². The van der Waals surface area contributed by atoms with Gasteiger partial charge in [0.15, 0.2) is 0 Å². The maximum Gasteiger partial charge on any atom is 0.0641 e. The zero-order valence-corrected chi connectivity index (χ0v) is 12.7. The lowest BCUT2D eigenvalue weighted by molar-refractivity contribution is 0.154. The van der Waals surface area contributed by atoms with Crippen molar-refractivity contribution in [3.8, 4) is 0 Å². The average Bonchev–Trinajstić information content (AvgIpc) is 2.35. The van der Waals surface area contributed by atoms with E-state index in [2.05, 4.69) is 46.0 Å². The van der Waals surface area contributed by atoms with Crippen molar-refractivity contribution in [2.45, 2.75) is 19.7 Å². The van der Waals surface area contributed by atoms with E-state index in [-0.39, 0.29) is 0 Å². The molecule has 0 spiro atoms. The molecule has 0 unspecified atom stereocenters. The molecule has 0 amide bonds. The molecular weight excluding hydrogens is 302 g/mol. The van der Waals surface area contributed by atoms with Crippen LogP contribution in [0.15, 0.2) is 22.7 Å². The van der Waals surface area contributed by atoms with E-state index < -0.39 is 0 Å². The summed E-state index contributed by atoms with van der Waals surface area (Å²) in [4.78, 5) is 2.29. The molecule has 0 fully saturated rings. The third-order valence-electron chi connectivity index (χ3n) is 2.64. The second kappa shape index (κ2) is 7.96. The fourth-order valence-corrected chi connectivity index (χ4v) is 2.53. The highest BCUT2D eigenvalue weighted by atomic mass is 79.9. The van der Waals surface area contributed by atoms with Gasteiger partial charge in [0.2, 0.25) is 0 Å². The first-order valence-electron chi connectivity index (χ1n) is 5.90. The topological polar surface area (TPSA) is 12.5 Å².